The maximum atomic E-state index is 12.0. The van der Waals surface area contributed by atoms with Gasteiger partial charge in [0.2, 0.25) is 9.84 Å². The number of alkyl halides is 4. The van der Waals surface area contributed by atoms with E-state index in [0.717, 1.165) is 19.3 Å². The Kier molecular flexibility index (Phi) is 3.32. The lowest BCUT2D eigenvalue weighted by atomic mass is 9.64. The van der Waals surface area contributed by atoms with E-state index in [4.69, 9.17) is 34.8 Å². The van der Waals surface area contributed by atoms with E-state index in [9.17, 15) is 8.42 Å². The molecule has 2 bridgehead atoms. The number of halogens is 4. The van der Waals surface area contributed by atoms with Gasteiger partial charge in [-0.25, -0.2) is 8.42 Å². The molecule has 0 aromatic carbocycles. The summed E-state index contributed by atoms with van der Waals surface area (Å²) in [7, 11) is -3.67. The molecule has 0 amide bonds. The minimum atomic E-state index is -3.67. The van der Waals surface area contributed by atoms with Gasteiger partial charge in [0.15, 0.2) is 0 Å². The summed E-state index contributed by atoms with van der Waals surface area (Å²) in [6.07, 6.45) is 2.87. The average Bonchev–Trinajstić information content (AvgIpc) is 2.14. The van der Waals surface area contributed by atoms with Gasteiger partial charge < -0.3 is 0 Å². The predicted molar refractivity (Wildman–Crippen MR) is 66.5 cm³/mol. The third kappa shape index (κ3) is 1.85. The SMILES string of the molecule is O=S(=O)(C1[C@@H]2CCC[C@H]1C2Br)C(Cl)(Cl)Cl. The molecule has 3 fully saturated rings. The van der Waals surface area contributed by atoms with Gasteiger partial charge in [0.05, 0.1) is 5.25 Å². The van der Waals surface area contributed by atoms with E-state index in [0.29, 0.717) is 0 Å². The van der Waals surface area contributed by atoms with E-state index in [1.54, 1.807) is 0 Å². The predicted octanol–water partition coefficient (Wildman–Crippen LogP) is 3.29. The van der Waals surface area contributed by atoms with Crippen LogP contribution in [-0.2, 0) is 9.84 Å². The lowest BCUT2D eigenvalue weighted by molar-refractivity contribution is 0.138. The molecule has 4 atom stereocenters. The summed E-state index contributed by atoms with van der Waals surface area (Å²) in [5, 5.41) is -0.469. The molecule has 0 radical (unpaired) electrons. The van der Waals surface area contributed by atoms with Crippen LogP contribution in [0, 0.1) is 11.8 Å². The normalized spacial score (nSPS) is 41.1. The van der Waals surface area contributed by atoms with E-state index in [1.165, 1.54) is 0 Å². The first-order chi connectivity index (χ1) is 6.77. The molecule has 2 nitrogen and oxygen atoms in total. The van der Waals surface area contributed by atoms with Crippen LogP contribution < -0.4 is 0 Å². The molecule has 88 valence electrons. The Morgan fingerprint density at radius 3 is 1.93 bits per heavy atom. The maximum absolute atomic E-state index is 12.0. The van der Waals surface area contributed by atoms with Crippen molar-refractivity contribution in [2.24, 2.45) is 11.8 Å². The summed E-state index contributed by atoms with van der Waals surface area (Å²) in [5.41, 5.74) is 0. The molecule has 0 aromatic heterocycles. The van der Waals surface area contributed by atoms with Crippen molar-refractivity contribution in [1.29, 1.82) is 0 Å². The lowest BCUT2D eigenvalue weighted by Crippen LogP contribution is -2.60. The van der Waals surface area contributed by atoms with Crippen LogP contribution in [0.5, 0.6) is 0 Å². The van der Waals surface area contributed by atoms with Gasteiger partial charge in [0.1, 0.15) is 0 Å². The highest BCUT2D eigenvalue weighted by atomic mass is 79.9. The fourth-order valence-corrected chi connectivity index (χ4v) is 7.06. The summed E-state index contributed by atoms with van der Waals surface area (Å²) in [5.74, 6) is 0.230. The van der Waals surface area contributed by atoms with Crippen LogP contribution in [0.4, 0.5) is 0 Å². The van der Waals surface area contributed by atoms with E-state index < -0.39 is 18.2 Å². The number of rotatable bonds is 1. The van der Waals surface area contributed by atoms with E-state index in [2.05, 4.69) is 15.9 Å². The monoisotopic (exact) mass is 354 g/mol. The standard InChI is InChI=1S/C8H10BrCl3O2S/c9-6-4-2-1-3-5(6)7(4)15(13,14)8(10,11)12/h4-7H,1-3H2/t4-,5+,6?,7?. The van der Waals surface area contributed by atoms with Crippen LogP contribution >= 0.6 is 50.7 Å². The van der Waals surface area contributed by atoms with Gasteiger partial charge in [0, 0.05) is 4.83 Å². The highest BCUT2D eigenvalue weighted by molar-refractivity contribution is 9.09. The second-order valence-corrected chi connectivity index (χ2v) is 10.4. The van der Waals surface area contributed by atoms with Crippen LogP contribution in [0.15, 0.2) is 0 Å². The van der Waals surface area contributed by atoms with Crippen molar-refractivity contribution in [3.8, 4) is 0 Å². The third-order valence-electron chi connectivity index (χ3n) is 3.42. The van der Waals surface area contributed by atoms with Crippen molar-refractivity contribution < 1.29 is 8.42 Å². The second-order valence-electron chi connectivity index (χ2n) is 4.16. The highest BCUT2D eigenvalue weighted by Crippen LogP contribution is 2.56. The van der Waals surface area contributed by atoms with Gasteiger partial charge in [-0.3, -0.25) is 0 Å². The summed E-state index contributed by atoms with van der Waals surface area (Å²) < 4.78 is 21.8. The highest BCUT2D eigenvalue weighted by Gasteiger charge is 2.61. The molecule has 0 N–H and O–H groups in total. The number of hydrogen-bond acceptors (Lipinski definition) is 2. The van der Waals surface area contributed by atoms with Crippen LogP contribution in [-0.4, -0.2) is 21.6 Å². The summed E-state index contributed by atoms with van der Waals surface area (Å²) in [4.78, 5) is 0.276. The first kappa shape index (κ1) is 12.7. The topological polar surface area (TPSA) is 34.1 Å². The van der Waals surface area contributed by atoms with E-state index in [-0.39, 0.29) is 16.7 Å². The Hall–Kier alpha value is 1.30. The smallest absolute Gasteiger partial charge is 0.224 e. The molecular formula is C8H10BrCl3O2S. The Labute approximate surface area is 113 Å². The Bertz CT molecular complexity index is 353. The molecule has 0 spiro atoms. The van der Waals surface area contributed by atoms with Crippen molar-refractivity contribution in [1.82, 2.24) is 0 Å². The average molecular weight is 356 g/mol. The second kappa shape index (κ2) is 3.91. The zero-order chi connectivity index (χ0) is 11.4. The molecular weight excluding hydrogens is 346 g/mol. The van der Waals surface area contributed by atoms with Crippen molar-refractivity contribution >= 4 is 60.6 Å². The van der Waals surface area contributed by atoms with Gasteiger partial charge in [-0.2, -0.15) is 0 Å². The summed E-state index contributed by atoms with van der Waals surface area (Å²) in [6, 6.07) is 0. The largest absolute Gasteiger partial charge is 0.292 e. The van der Waals surface area contributed by atoms with Crippen molar-refractivity contribution in [3.05, 3.63) is 0 Å². The summed E-state index contributed by atoms with van der Waals surface area (Å²) >= 11 is 20.1. The van der Waals surface area contributed by atoms with Crippen molar-refractivity contribution in [3.63, 3.8) is 0 Å². The van der Waals surface area contributed by atoms with Gasteiger partial charge in [-0.05, 0) is 24.7 Å². The maximum Gasteiger partial charge on any atom is 0.292 e. The number of hydrogen-bond donors (Lipinski definition) is 0. The van der Waals surface area contributed by atoms with Crippen LogP contribution in [0.1, 0.15) is 19.3 Å². The van der Waals surface area contributed by atoms with Crippen LogP contribution in [0.2, 0.25) is 0 Å². The quantitative estimate of drug-likeness (QED) is 0.676. The lowest BCUT2D eigenvalue weighted by Gasteiger charge is -2.53. The van der Waals surface area contributed by atoms with E-state index in [1.807, 2.05) is 0 Å². The van der Waals surface area contributed by atoms with E-state index >= 15 is 0 Å². The van der Waals surface area contributed by atoms with Crippen LogP contribution in [0.3, 0.4) is 0 Å². The molecule has 3 aliphatic rings. The minimum Gasteiger partial charge on any atom is -0.224 e. The molecule has 0 aromatic rings. The molecule has 3 saturated carbocycles. The fraction of sp³-hybridized carbons (Fsp3) is 1.00. The molecule has 0 aliphatic heterocycles. The summed E-state index contributed by atoms with van der Waals surface area (Å²) in [6.45, 7) is 0. The van der Waals surface area contributed by atoms with Crippen molar-refractivity contribution in [2.75, 3.05) is 0 Å². The Balaban J connectivity index is 2.28. The van der Waals surface area contributed by atoms with Crippen molar-refractivity contribution in [2.45, 2.75) is 32.5 Å². The Morgan fingerprint density at radius 1 is 1.13 bits per heavy atom. The molecule has 0 heterocycles. The molecule has 7 heteroatoms. The van der Waals surface area contributed by atoms with Gasteiger partial charge >= 0.3 is 0 Å². The molecule has 15 heavy (non-hydrogen) atoms. The zero-order valence-corrected chi connectivity index (χ0v) is 12.3. The zero-order valence-electron chi connectivity index (χ0n) is 7.67. The Morgan fingerprint density at radius 2 is 1.60 bits per heavy atom. The third-order valence-corrected chi connectivity index (χ3v) is 8.77. The fourth-order valence-electron chi connectivity index (χ4n) is 2.70. The molecule has 2 unspecified atom stereocenters. The molecule has 3 rings (SSSR count). The first-order valence-electron chi connectivity index (χ1n) is 4.71. The number of fused-ring (bicyclic) bond motifs is 2. The number of sulfone groups is 1. The van der Waals surface area contributed by atoms with Gasteiger partial charge in [0.25, 0.3) is 3.12 Å². The van der Waals surface area contributed by atoms with Crippen LogP contribution in [0.25, 0.3) is 0 Å². The first-order valence-corrected chi connectivity index (χ1v) is 8.30. The van der Waals surface area contributed by atoms with Gasteiger partial charge in [-0.1, -0.05) is 57.2 Å². The minimum absolute atomic E-state index is 0.115. The molecule has 3 aliphatic carbocycles. The molecule has 0 saturated heterocycles. The van der Waals surface area contributed by atoms with Gasteiger partial charge in [-0.15, -0.1) is 0 Å².